The maximum atomic E-state index is 6.11. The van der Waals surface area contributed by atoms with Crippen molar-refractivity contribution in [1.29, 1.82) is 0 Å². The number of nitrogens with two attached hydrogens (primary N) is 1. The van der Waals surface area contributed by atoms with Crippen molar-refractivity contribution < 1.29 is 0 Å². The third-order valence-corrected chi connectivity index (χ3v) is 5.29. The molecule has 1 aliphatic rings. The van der Waals surface area contributed by atoms with Crippen LogP contribution in [0.2, 0.25) is 0 Å². The van der Waals surface area contributed by atoms with E-state index in [9.17, 15) is 0 Å². The Hall–Kier alpha value is -0.860. The third kappa shape index (κ3) is 2.91. The van der Waals surface area contributed by atoms with Crippen molar-refractivity contribution in [2.24, 2.45) is 5.73 Å². The summed E-state index contributed by atoms with van der Waals surface area (Å²) in [6.45, 7) is 9.63. The lowest BCUT2D eigenvalue weighted by Crippen LogP contribution is -2.52. The Kier molecular flexibility index (Phi) is 5.22. The lowest BCUT2D eigenvalue weighted by Gasteiger charge is -2.42. The zero-order valence-corrected chi connectivity index (χ0v) is 13.4. The van der Waals surface area contributed by atoms with Crippen LogP contribution in [0.15, 0.2) is 18.2 Å². The predicted octanol–water partition coefficient (Wildman–Crippen LogP) is 3.51. The molecule has 0 amide bonds. The molecular weight excluding hydrogens is 244 g/mol. The van der Waals surface area contributed by atoms with Crippen LogP contribution in [-0.4, -0.2) is 23.5 Å². The quantitative estimate of drug-likeness (QED) is 0.824. The van der Waals surface area contributed by atoms with Crippen LogP contribution in [0.25, 0.3) is 0 Å². The van der Waals surface area contributed by atoms with Gasteiger partial charge in [-0.25, -0.2) is 0 Å². The van der Waals surface area contributed by atoms with E-state index in [0.29, 0.717) is 0 Å². The molecule has 0 bridgehead atoms. The second kappa shape index (κ2) is 6.73. The van der Waals surface area contributed by atoms with E-state index in [1.807, 2.05) is 0 Å². The minimum Gasteiger partial charge on any atom is -0.329 e. The highest BCUT2D eigenvalue weighted by molar-refractivity contribution is 5.35. The fourth-order valence-corrected chi connectivity index (χ4v) is 3.67. The summed E-state index contributed by atoms with van der Waals surface area (Å²) in [7, 11) is 0. The average molecular weight is 274 g/mol. The Morgan fingerprint density at radius 1 is 1.10 bits per heavy atom. The van der Waals surface area contributed by atoms with Gasteiger partial charge in [0.05, 0.1) is 0 Å². The van der Waals surface area contributed by atoms with E-state index < -0.39 is 0 Å². The molecule has 1 aromatic carbocycles. The number of likely N-dealkylation sites (N-methyl/N-ethyl adjacent to an activating group) is 1. The van der Waals surface area contributed by atoms with Crippen LogP contribution in [0.5, 0.6) is 0 Å². The monoisotopic (exact) mass is 274 g/mol. The minimum atomic E-state index is 0.160. The Morgan fingerprint density at radius 2 is 1.80 bits per heavy atom. The first-order valence-corrected chi connectivity index (χ1v) is 8.24. The molecule has 0 saturated carbocycles. The fraction of sp³-hybridized carbons (Fsp3) is 0.667. The lowest BCUT2D eigenvalue weighted by atomic mass is 9.90. The van der Waals surface area contributed by atoms with Gasteiger partial charge in [-0.2, -0.15) is 0 Å². The van der Waals surface area contributed by atoms with E-state index in [1.54, 1.807) is 11.1 Å². The van der Waals surface area contributed by atoms with Crippen molar-refractivity contribution in [1.82, 2.24) is 4.90 Å². The molecular formula is C18H30N2. The van der Waals surface area contributed by atoms with Gasteiger partial charge in [-0.1, -0.05) is 39.0 Å². The number of hydrogen-bond acceptors (Lipinski definition) is 2. The number of nitrogens with zero attached hydrogens (tertiary/aromatic N) is 1. The molecule has 0 radical (unpaired) electrons. The number of benzene rings is 1. The molecule has 0 saturated heterocycles. The van der Waals surface area contributed by atoms with Gasteiger partial charge in [0.15, 0.2) is 0 Å². The van der Waals surface area contributed by atoms with Gasteiger partial charge in [0.25, 0.3) is 0 Å². The van der Waals surface area contributed by atoms with Gasteiger partial charge in [0.1, 0.15) is 0 Å². The first-order valence-electron chi connectivity index (χ1n) is 8.24. The first kappa shape index (κ1) is 15.5. The van der Waals surface area contributed by atoms with Crippen LogP contribution in [0.1, 0.15) is 56.7 Å². The van der Waals surface area contributed by atoms with E-state index in [-0.39, 0.29) is 5.54 Å². The van der Waals surface area contributed by atoms with Crippen molar-refractivity contribution in [2.45, 2.75) is 65.0 Å². The number of fused-ring (bicyclic) bond motifs is 1. The SMILES string of the molecule is CCN(Cc1ccc2c(c1)CCC2)C(CC)(CC)CN. The molecule has 112 valence electrons. The summed E-state index contributed by atoms with van der Waals surface area (Å²) in [5.41, 5.74) is 10.9. The fourth-order valence-electron chi connectivity index (χ4n) is 3.67. The molecule has 2 heteroatoms. The van der Waals surface area contributed by atoms with Gasteiger partial charge in [0, 0.05) is 18.6 Å². The van der Waals surface area contributed by atoms with Gasteiger partial charge >= 0.3 is 0 Å². The van der Waals surface area contributed by atoms with E-state index in [0.717, 1.165) is 32.5 Å². The normalized spacial score (nSPS) is 14.8. The molecule has 1 aliphatic carbocycles. The Morgan fingerprint density at radius 3 is 2.40 bits per heavy atom. The molecule has 2 N–H and O–H groups in total. The number of aryl methyl sites for hydroxylation is 2. The number of hydrogen-bond donors (Lipinski definition) is 1. The summed E-state index contributed by atoms with van der Waals surface area (Å²) in [5.74, 6) is 0. The highest BCUT2D eigenvalue weighted by atomic mass is 15.2. The van der Waals surface area contributed by atoms with Gasteiger partial charge in [0.2, 0.25) is 0 Å². The minimum absolute atomic E-state index is 0.160. The van der Waals surface area contributed by atoms with Crippen LogP contribution in [-0.2, 0) is 19.4 Å². The molecule has 0 atom stereocenters. The molecule has 2 nitrogen and oxygen atoms in total. The summed E-state index contributed by atoms with van der Waals surface area (Å²) in [6, 6.07) is 7.09. The zero-order chi connectivity index (χ0) is 14.6. The van der Waals surface area contributed by atoms with Crippen LogP contribution >= 0.6 is 0 Å². The first-order chi connectivity index (χ1) is 9.69. The Bertz CT molecular complexity index is 427. The average Bonchev–Trinajstić information content (AvgIpc) is 2.95. The van der Waals surface area contributed by atoms with E-state index in [1.165, 1.54) is 24.8 Å². The molecule has 1 aromatic rings. The second-order valence-electron chi connectivity index (χ2n) is 6.11. The standard InChI is InChI=1S/C18H30N2/c1-4-18(5-2,14-19)20(6-3)13-15-10-11-16-8-7-9-17(16)12-15/h10-12H,4-9,13-14,19H2,1-3H3. The van der Waals surface area contributed by atoms with Gasteiger partial charge in [-0.3, -0.25) is 4.90 Å². The Labute approximate surface area is 124 Å². The van der Waals surface area contributed by atoms with Gasteiger partial charge in [-0.05, 0) is 55.3 Å². The summed E-state index contributed by atoms with van der Waals surface area (Å²) < 4.78 is 0. The second-order valence-corrected chi connectivity index (χ2v) is 6.11. The molecule has 2 rings (SSSR count). The van der Waals surface area contributed by atoms with E-state index >= 15 is 0 Å². The van der Waals surface area contributed by atoms with E-state index in [2.05, 4.69) is 43.9 Å². The van der Waals surface area contributed by atoms with Gasteiger partial charge in [-0.15, -0.1) is 0 Å². The van der Waals surface area contributed by atoms with E-state index in [4.69, 9.17) is 5.73 Å². The maximum absolute atomic E-state index is 6.11. The Balaban J connectivity index is 2.17. The van der Waals surface area contributed by atoms with Crippen molar-refractivity contribution in [3.8, 4) is 0 Å². The molecule has 0 aromatic heterocycles. The highest BCUT2D eigenvalue weighted by Crippen LogP contribution is 2.27. The van der Waals surface area contributed by atoms with Crippen molar-refractivity contribution in [3.05, 3.63) is 34.9 Å². The van der Waals surface area contributed by atoms with Crippen LogP contribution < -0.4 is 5.73 Å². The van der Waals surface area contributed by atoms with Crippen LogP contribution in [0, 0.1) is 0 Å². The predicted molar refractivity (Wildman–Crippen MR) is 86.9 cm³/mol. The summed E-state index contributed by atoms with van der Waals surface area (Å²) in [4.78, 5) is 2.57. The molecule has 20 heavy (non-hydrogen) atoms. The largest absolute Gasteiger partial charge is 0.329 e. The lowest BCUT2D eigenvalue weighted by molar-refractivity contribution is 0.0828. The van der Waals surface area contributed by atoms with Crippen LogP contribution in [0.3, 0.4) is 0 Å². The molecule has 0 spiro atoms. The zero-order valence-electron chi connectivity index (χ0n) is 13.4. The molecule has 0 unspecified atom stereocenters. The highest BCUT2D eigenvalue weighted by Gasteiger charge is 2.31. The molecule has 0 fully saturated rings. The maximum Gasteiger partial charge on any atom is 0.0329 e. The summed E-state index contributed by atoms with van der Waals surface area (Å²) in [5, 5.41) is 0. The smallest absolute Gasteiger partial charge is 0.0329 e. The summed E-state index contributed by atoms with van der Waals surface area (Å²) in [6.07, 6.45) is 6.10. The summed E-state index contributed by atoms with van der Waals surface area (Å²) >= 11 is 0. The molecule has 0 aliphatic heterocycles. The third-order valence-electron chi connectivity index (χ3n) is 5.29. The van der Waals surface area contributed by atoms with Crippen molar-refractivity contribution in [2.75, 3.05) is 13.1 Å². The van der Waals surface area contributed by atoms with Gasteiger partial charge < -0.3 is 5.73 Å². The van der Waals surface area contributed by atoms with Crippen molar-refractivity contribution in [3.63, 3.8) is 0 Å². The topological polar surface area (TPSA) is 29.3 Å². The van der Waals surface area contributed by atoms with Crippen LogP contribution in [0.4, 0.5) is 0 Å². The van der Waals surface area contributed by atoms with Crippen molar-refractivity contribution >= 4 is 0 Å². The molecule has 0 heterocycles. The number of rotatable bonds is 7.